The number of pyridine rings is 1. The standard InChI is InChI=1S/C19H15NO5/c1-4-9-20-14-7-8-16(21)18(25-10-5-2)11-13(14)17(22)12-15(20)19(23)24-6-3/h1-2,7-8,11-12H,6,9-10H2,3H3. The molecule has 1 aromatic heterocycles. The van der Waals surface area contributed by atoms with Gasteiger partial charge in [0.15, 0.2) is 11.2 Å². The van der Waals surface area contributed by atoms with Crippen LogP contribution in [0.3, 0.4) is 0 Å². The maximum absolute atomic E-state index is 12.5. The van der Waals surface area contributed by atoms with E-state index < -0.39 is 16.8 Å². The van der Waals surface area contributed by atoms with Gasteiger partial charge in [0.1, 0.15) is 12.3 Å². The summed E-state index contributed by atoms with van der Waals surface area (Å²) in [5.41, 5.74) is -0.577. The molecule has 0 unspecified atom stereocenters. The highest BCUT2D eigenvalue weighted by Gasteiger charge is 2.16. The van der Waals surface area contributed by atoms with Crippen LogP contribution in [0.5, 0.6) is 5.75 Å². The van der Waals surface area contributed by atoms with E-state index in [2.05, 4.69) is 11.8 Å². The highest BCUT2D eigenvalue weighted by molar-refractivity contribution is 5.92. The first-order chi connectivity index (χ1) is 12.0. The smallest absolute Gasteiger partial charge is 0.355 e. The quantitative estimate of drug-likeness (QED) is 0.605. The number of nitrogens with zero attached hydrogens (tertiary/aromatic N) is 1. The summed E-state index contributed by atoms with van der Waals surface area (Å²) >= 11 is 0. The van der Waals surface area contributed by atoms with Crippen LogP contribution in [0.2, 0.25) is 0 Å². The molecular weight excluding hydrogens is 322 g/mol. The van der Waals surface area contributed by atoms with E-state index in [1.807, 2.05) is 0 Å². The van der Waals surface area contributed by atoms with E-state index in [1.54, 1.807) is 6.92 Å². The second-order valence-corrected chi connectivity index (χ2v) is 4.90. The summed E-state index contributed by atoms with van der Waals surface area (Å²) in [7, 11) is 0. The van der Waals surface area contributed by atoms with Gasteiger partial charge in [-0.3, -0.25) is 9.59 Å². The van der Waals surface area contributed by atoms with E-state index in [9.17, 15) is 14.4 Å². The Morgan fingerprint density at radius 3 is 2.56 bits per heavy atom. The number of carbonyl (C=O) groups is 1. The van der Waals surface area contributed by atoms with E-state index in [-0.39, 0.29) is 36.6 Å². The monoisotopic (exact) mass is 337 g/mol. The number of aromatic nitrogens is 1. The third kappa shape index (κ3) is 3.70. The lowest BCUT2D eigenvalue weighted by molar-refractivity contribution is 0.0514. The molecule has 1 heterocycles. The number of hydrogen-bond acceptors (Lipinski definition) is 5. The zero-order valence-electron chi connectivity index (χ0n) is 13.6. The summed E-state index contributed by atoms with van der Waals surface area (Å²) in [6.07, 6.45) is 10.5. The van der Waals surface area contributed by atoms with Crippen molar-refractivity contribution in [2.45, 2.75) is 13.5 Å². The van der Waals surface area contributed by atoms with Gasteiger partial charge in [-0.15, -0.1) is 12.8 Å². The molecule has 0 radical (unpaired) electrons. The second kappa shape index (κ2) is 7.85. The van der Waals surface area contributed by atoms with Gasteiger partial charge in [0, 0.05) is 11.5 Å². The molecule has 0 atom stereocenters. The highest BCUT2D eigenvalue weighted by Crippen LogP contribution is 2.16. The first-order valence-corrected chi connectivity index (χ1v) is 7.42. The predicted molar refractivity (Wildman–Crippen MR) is 93.6 cm³/mol. The normalized spacial score (nSPS) is 9.88. The van der Waals surface area contributed by atoms with Gasteiger partial charge in [0.2, 0.25) is 5.43 Å². The molecule has 126 valence electrons. The molecular formula is C19H15NO5. The van der Waals surface area contributed by atoms with Crippen molar-refractivity contribution in [1.29, 1.82) is 0 Å². The van der Waals surface area contributed by atoms with Gasteiger partial charge < -0.3 is 14.0 Å². The van der Waals surface area contributed by atoms with Crippen molar-refractivity contribution >= 4 is 16.9 Å². The van der Waals surface area contributed by atoms with Crippen molar-refractivity contribution in [2.24, 2.45) is 0 Å². The van der Waals surface area contributed by atoms with Gasteiger partial charge in [0.05, 0.1) is 18.7 Å². The van der Waals surface area contributed by atoms with E-state index in [4.69, 9.17) is 22.3 Å². The van der Waals surface area contributed by atoms with Crippen LogP contribution in [0.15, 0.2) is 33.9 Å². The second-order valence-electron chi connectivity index (χ2n) is 4.90. The third-order valence-electron chi connectivity index (χ3n) is 3.35. The van der Waals surface area contributed by atoms with Crippen LogP contribution in [0.1, 0.15) is 17.4 Å². The minimum absolute atomic E-state index is 0.0158. The van der Waals surface area contributed by atoms with Gasteiger partial charge in [-0.25, -0.2) is 4.79 Å². The van der Waals surface area contributed by atoms with E-state index in [1.165, 1.54) is 22.8 Å². The van der Waals surface area contributed by atoms with E-state index >= 15 is 0 Å². The van der Waals surface area contributed by atoms with Crippen molar-refractivity contribution in [3.05, 3.63) is 50.4 Å². The average molecular weight is 337 g/mol. The molecule has 0 fully saturated rings. The minimum Gasteiger partial charge on any atom is -0.477 e. The Balaban J connectivity index is 2.85. The third-order valence-corrected chi connectivity index (χ3v) is 3.35. The minimum atomic E-state index is -0.672. The van der Waals surface area contributed by atoms with E-state index in [0.29, 0.717) is 5.52 Å². The fourth-order valence-electron chi connectivity index (χ4n) is 2.31. The van der Waals surface area contributed by atoms with Crippen molar-refractivity contribution in [3.8, 4) is 30.4 Å². The molecule has 6 heteroatoms. The SMILES string of the molecule is C#CCOc1cc2c(=O)cc(C(=O)OCC)n(CC#C)c2ccc1=O. The Bertz CT molecular complexity index is 1020. The van der Waals surface area contributed by atoms with Crippen molar-refractivity contribution in [1.82, 2.24) is 4.57 Å². The van der Waals surface area contributed by atoms with Gasteiger partial charge in [-0.1, -0.05) is 11.8 Å². The predicted octanol–water partition coefficient (Wildman–Crippen LogP) is 1.18. The Kier molecular flexibility index (Phi) is 5.60. The Morgan fingerprint density at radius 1 is 1.16 bits per heavy atom. The summed E-state index contributed by atoms with van der Waals surface area (Å²) in [6, 6.07) is 5.09. The lowest BCUT2D eigenvalue weighted by atomic mass is 10.2. The van der Waals surface area contributed by atoms with Crippen LogP contribution in [-0.2, 0) is 11.3 Å². The van der Waals surface area contributed by atoms with Crippen molar-refractivity contribution in [3.63, 3.8) is 0 Å². The van der Waals surface area contributed by atoms with Crippen LogP contribution in [-0.4, -0.2) is 23.8 Å². The van der Waals surface area contributed by atoms with Crippen LogP contribution in [0.25, 0.3) is 10.9 Å². The molecule has 0 bridgehead atoms. The van der Waals surface area contributed by atoms with Crippen LogP contribution in [0.4, 0.5) is 0 Å². The summed E-state index contributed by atoms with van der Waals surface area (Å²) in [5.74, 6) is 3.95. The van der Waals surface area contributed by atoms with Gasteiger partial charge in [-0.05, 0) is 25.1 Å². The fourth-order valence-corrected chi connectivity index (χ4v) is 2.31. The first kappa shape index (κ1) is 17.8. The molecule has 25 heavy (non-hydrogen) atoms. The largest absolute Gasteiger partial charge is 0.477 e. The molecule has 0 aliphatic heterocycles. The maximum Gasteiger partial charge on any atom is 0.355 e. The lowest BCUT2D eigenvalue weighted by Crippen LogP contribution is -2.19. The molecule has 0 amide bonds. The average Bonchev–Trinajstić information content (AvgIpc) is 2.75. The summed E-state index contributed by atoms with van der Waals surface area (Å²) in [4.78, 5) is 36.7. The molecule has 1 aromatic carbocycles. The summed E-state index contributed by atoms with van der Waals surface area (Å²) in [5, 5.41) is 0.178. The molecule has 0 aliphatic carbocycles. The number of terminal acetylenes is 2. The molecule has 0 N–H and O–H groups in total. The molecule has 2 aromatic rings. The molecule has 0 aliphatic rings. The van der Waals surface area contributed by atoms with Gasteiger partial charge in [-0.2, -0.15) is 0 Å². The van der Waals surface area contributed by atoms with Crippen molar-refractivity contribution < 1.29 is 14.3 Å². The Labute approximate surface area is 144 Å². The Hall–Kier alpha value is -3.51. The molecule has 2 rings (SSSR count). The fraction of sp³-hybridized carbons (Fsp3) is 0.211. The number of esters is 1. The molecule has 0 saturated carbocycles. The molecule has 6 nitrogen and oxygen atoms in total. The van der Waals surface area contributed by atoms with Gasteiger partial charge >= 0.3 is 5.97 Å². The lowest BCUT2D eigenvalue weighted by Gasteiger charge is -2.12. The number of fused-ring (bicyclic) bond motifs is 1. The van der Waals surface area contributed by atoms with Crippen LogP contribution < -0.4 is 15.6 Å². The zero-order valence-corrected chi connectivity index (χ0v) is 13.6. The van der Waals surface area contributed by atoms with Crippen molar-refractivity contribution in [2.75, 3.05) is 13.2 Å². The van der Waals surface area contributed by atoms with Crippen LogP contribution >= 0.6 is 0 Å². The first-order valence-electron chi connectivity index (χ1n) is 7.42. The number of carbonyl (C=O) groups excluding carboxylic acids is 1. The van der Waals surface area contributed by atoms with Crippen LogP contribution in [0, 0.1) is 24.7 Å². The van der Waals surface area contributed by atoms with Gasteiger partial charge in [0.25, 0.3) is 0 Å². The highest BCUT2D eigenvalue weighted by atomic mass is 16.5. The zero-order chi connectivity index (χ0) is 18.4. The number of rotatable bonds is 5. The summed E-state index contributed by atoms with van der Waals surface area (Å²) in [6.45, 7) is 1.71. The topological polar surface area (TPSA) is 74.6 Å². The molecule has 0 saturated heterocycles. The number of hydrogen-bond donors (Lipinski definition) is 0. The number of ether oxygens (including phenoxy) is 2. The molecule has 0 spiro atoms. The summed E-state index contributed by atoms with van der Waals surface area (Å²) < 4.78 is 11.6. The Morgan fingerprint density at radius 2 is 1.92 bits per heavy atom. The maximum atomic E-state index is 12.5. The van der Waals surface area contributed by atoms with E-state index in [0.717, 1.165) is 6.07 Å².